The Kier molecular flexibility index (Phi) is 5.14. The highest BCUT2D eigenvalue weighted by Crippen LogP contribution is 2.13. The number of amides is 1. The number of carbonyl (C=O) groups is 1. The average molecular weight is 274 g/mol. The molecule has 0 unspecified atom stereocenters. The van der Waals surface area contributed by atoms with E-state index < -0.39 is 25.3 Å². The van der Waals surface area contributed by atoms with Crippen molar-refractivity contribution in [3.05, 3.63) is 29.8 Å². The van der Waals surface area contributed by atoms with Crippen LogP contribution in [-0.2, 0) is 9.63 Å². The first-order valence-electron chi connectivity index (χ1n) is 5.01. The molecule has 0 radical (unpaired) electrons. The van der Waals surface area contributed by atoms with Crippen LogP contribution < -0.4 is 10.2 Å². The summed E-state index contributed by atoms with van der Waals surface area (Å²) in [5.41, 5.74) is 2.02. The van der Waals surface area contributed by atoms with Gasteiger partial charge in [0, 0.05) is 0 Å². The molecule has 0 spiro atoms. The maximum atomic E-state index is 11.7. The Labute approximate surface area is 106 Å². The van der Waals surface area contributed by atoms with E-state index in [0.717, 1.165) is 0 Å². The van der Waals surface area contributed by atoms with E-state index in [9.17, 15) is 18.0 Å². The molecule has 1 aromatic rings. The molecule has 0 aliphatic carbocycles. The lowest BCUT2D eigenvalue weighted by Gasteiger charge is -2.09. The van der Waals surface area contributed by atoms with Crippen LogP contribution in [0.4, 0.5) is 13.2 Å². The molecule has 1 rings (SSSR count). The standard InChI is InChI=1S/C11H9F3N2O3/c12-11(13,14)7-19-16-10(17)6-18-9-3-1-8(5-15)2-4-9/h1-4H,6-7H2,(H,16,17). The first-order valence-corrected chi connectivity index (χ1v) is 5.01. The van der Waals surface area contributed by atoms with Crippen LogP contribution in [-0.4, -0.2) is 25.3 Å². The van der Waals surface area contributed by atoms with Crippen molar-refractivity contribution < 1.29 is 27.5 Å². The third-order valence-corrected chi connectivity index (χ3v) is 1.78. The van der Waals surface area contributed by atoms with Gasteiger partial charge in [0.25, 0.3) is 5.91 Å². The molecular formula is C11H9F3N2O3. The van der Waals surface area contributed by atoms with Crippen LogP contribution in [0.3, 0.4) is 0 Å². The molecule has 0 saturated heterocycles. The lowest BCUT2D eigenvalue weighted by atomic mass is 10.2. The monoisotopic (exact) mass is 274 g/mol. The van der Waals surface area contributed by atoms with Crippen LogP contribution in [0.25, 0.3) is 0 Å². The van der Waals surface area contributed by atoms with E-state index in [1.54, 1.807) is 5.48 Å². The van der Waals surface area contributed by atoms with Gasteiger partial charge in [0.15, 0.2) is 13.2 Å². The molecule has 8 heteroatoms. The number of rotatable bonds is 5. The quantitative estimate of drug-likeness (QED) is 0.827. The Morgan fingerprint density at radius 3 is 2.47 bits per heavy atom. The number of alkyl halides is 3. The van der Waals surface area contributed by atoms with E-state index in [-0.39, 0.29) is 0 Å². The first-order chi connectivity index (χ1) is 8.90. The number of nitrogens with one attached hydrogen (secondary N) is 1. The minimum absolute atomic E-state index is 0.310. The molecule has 0 aliphatic heterocycles. The van der Waals surface area contributed by atoms with Crippen LogP contribution in [0, 0.1) is 11.3 Å². The Balaban J connectivity index is 2.28. The summed E-state index contributed by atoms with van der Waals surface area (Å²) in [6, 6.07) is 7.78. The molecule has 0 saturated carbocycles. The molecule has 0 heterocycles. The fourth-order valence-corrected chi connectivity index (χ4v) is 1.00. The molecule has 0 aliphatic rings. The van der Waals surface area contributed by atoms with Gasteiger partial charge >= 0.3 is 6.18 Å². The summed E-state index contributed by atoms with van der Waals surface area (Å²) in [7, 11) is 0. The molecule has 1 N–H and O–H groups in total. The van der Waals surface area contributed by atoms with E-state index in [1.807, 2.05) is 6.07 Å². The van der Waals surface area contributed by atoms with Crippen LogP contribution >= 0.6 is 0 Å². The summed E-state index contributed by atoms with van der Waals surface area (Å²) < 4.78 is 40.1. The predicted octanol–water partition coefficient (Wildman–Crippen LogP) is 1.55. The van der Waals surface area contributed by atoms with Crippen molar-refractivity contribution in [1.29, 1.82) is 5.26 Å². The molecule has 0 aromatic heterocycles. The fourth-order valence-electron chi connectivity index (χ4n) is 1.00. The van der Waals surface area contributed by atoms with Crippen molar-refractivity contribution in [2.45, 2.75) is 6.18 Å². The van der Waals surface area contributed by atoms with Crippen molar-refractivity contribution in [2.75, 3.05) is 13.2 Å². The number of nitriles is 1. The Morgan fingerprint density at radius 2 is 1.95 bits per heavy atom. The number of hydrogen-bond donors (Lipinski definition) is 1. The lowest BCUT2D eigenvalue weighted by Crippen LogP contribution is -2.32. The zero-order valence-electron chi connectivity index (χ0n) is 9.53. The highest BCUT2D eigenvalue weighted by Gasteiger charge is 2.28. The largest absolute Gasteiger partial charge is 0.484 e. The molecule has 19 heavy (non-hydrogen) atoms. The van der Waals surface area contributed by atoms with E-state index in [2.05, 4.69) is 4.84 Å². The zero-order chi connectivity index (χ0) is 14.3. The molecule has 5 nitrogen and oxygen atoms in total. The van der Waals surface area contributed by atoms with E-state index in [0.29, 0.717) is 11.3 Å². The Hall–Kier alpha value is -2.27. The normalized spacial score (nSPS) is 10.6. The number of halogens is 3. The van der Waals surface area contributed by atoms with Gasteiger partial charge in [-0.2, -0.15) is 18.4 Å². The highest BCUT2D eigenvalue weighted by atomic mass is 19.4. The maximum absolute atomic E-state index is 11.7. The molecule has 1 aromatic carbocycles. The van der Waals surface area contributed by atoms with Crippen LogP contribution in [0.1, 0.15) is 5.56 Å². The smallest absolute Gasteiger partial charge is 0.414 e. The van der Waals surface area contributed by atoms with Gasteiger partial charge in [-0.05, 0) is 24.3 Å². The van der Waals surface area contributed by atoms with Gasteiger partial charge in [-0.15, -0.1) is 0 Å². The van der Waals surface area contributed by atoms with Gasteiger partial charge in [-0.25, -0.2) is 5.48 Å². The number of hydrogen-bond acceptors (Lipinski definition) is 4. The Morgan fingerprint density at radius 1 is 1.32 bits per heavy atom. The van der Waals surface area contributed by atoms with E-state index in [4.69, 9.17) is 10.00 Å². The maximum Gasteiger partial charge on any atom is 0.414 e. The third-order valence-electron chi connectivity index (χ3n) is 1.78. The molecule has 1 amide bonds. The second-order valence-corrected chi connectivity index (χ2v) is 3.35. The predicted molar refractivity (Wildman–Crippen MR) is 56.8 cm³/mol. The minimum atomic E-state index is -4.51. The van der Waals surface area contributed by atoms with Crippen molar-refractivity contribution in [2.24, 2.45) is 0 Å². The molecule has 0 fully saturated rings. The topological polar surface area (TPSA) is 71.3 Å². The number of hydroxylamine groups is 1. The third kappa shape index (κ3) is 6.28. The van der Waals surface area contributed by atoms with Gasteiger partial charge in [0.1, 0.15) is 5.75 Å². The fraction of sp³-hybridized carbons (Fsp3) is 0.273. The van der Waals surface area contributed by atoms with Crippen LogP contribution in [0.15, 0.2) is 24.3 Å². The van der Waals surface area contributed by atoms with Gasteiger partial charge < -0.3 is 4.74 Å². The van der Waals surface area contributed by atoms with Gasteiger partial charge in [-0.1, -0.05) is 0 Å². The Bertz CT molecular complexity index is 466. The van der Waals surface area contributed by atoms with Gasteiger partial charge in [0.2, 0.25) is 0 Å². The van der Waals surface area contributed by atoms with Crippen LogP contribution in [0.2, 0.25) is 0 Å². The highest BCUT2D eigenvalue weighted by molar-refractivity contribution is 5.76. The molecule has 0 atom stereocenters. The lowest BCUT2D eigenvalue weighted by molar-refractivity contribution is -0.192. The molecule has 0 bridgehead atoms. The summed E-state index contributed by atoms with van der Waals surface area (Å²) in [4.78, 5) is 15.0. The SMILES string of the molecule is N#Cc1ccc(OCC(=O)NOCC(F)(F)F)cc1. The summed E-state index contributed by atoms with van der Waals surface area (Å²) >= 11 is 0. The van der Waals surface area contributed by atoms with Crippen molar-refractivity contribution >= 4 is 5.91 Å². The minimum Gasteiger partial charge on any atom is -0.484 e. The average Bonchev–Trinajstić information content (AvgIpc) is 2.35. The van der Waals surface area contributed by atoms with E-state index in [1.165, 1.54) is 24.3 Å². The summed E-state index contributed by atoms with van der Waals surface area (Å²) in [5, 5.41) is 8.55. The molecule has 102 valence electrons. The van der Waals surface area contributed by atoms with Crippen molar-refractivity contribution in [3.8, 4) is 11.8 Å². The summed E-state index contributed by atoms with van der Waals surface area (Å²) in [6.07, 6.45) is -4.51. The number of ether oxygens (including phenoxy) is 1. The van der Waals surface area contributed by atoms with E-state index >= 15 is 0 Å². The van der Waals surface area contributed by atoms with Crippen molar-refractivity contribution in [1.82, 2.24) is 5.48 Å². The zero-order valence-corrected chi connectivity index (χ0v) is 9.53. The number of nitrogens with zero attached hydrogens (tertiary/aromatic N) is 1. The second kappa shape index (κ2) is 6.61. The summed E-state index contributed by atoms with van der Waals surface area (Å²) in [5.74, 6) is -0.543. The number of benzene rings is 1. The second-order valence-electron chi connectivity index (χ2n) is 3.35. The molecular weight excluding hydrogens is 265 g/mol. The number of carbonyl (C=O) groups excluding carboxylic acids is 1. The van der Waals surface area contributed by atoms with Gasteiger partial charge in [0.05, 0.1) is 11.6 Å². The first kappa shape index (κ1) is 14.8. The van der Waals surface area contributed by atoms with Gasteiger partial charge in [-0.3, -0.25) is 9.63 Å². The summed E-state index contributed by atoms with van der Waals surface area (Å²) in [6.45, 7) is -2.07. The van der Waals surface area contributed by atoms with Crippen molar-refractivity contribution in [3.63, 3.8) is 0 Å². The van der Waals surface area contributed by atoms with Crippen LogP contribution in [0.5, 0.6) is 5.75 Å².